The van der Waals surface area contributed by atoms with Crippen LogP contribution in [0.25, 0.3) is 0 Å². The summed E-state index contributed by atoms with van der Waals surface area (Å²) in [6.45, 7) is 4.13. The monoisotopic (exact) mass is 275 g/mol. The number of hydrogen-bond donors (Lipinski definition) is 0. The molecule has 1 aromatic carbocycles. The van der Waals surface area contributed by atoms with Crippen LogP contribution in [-0.4, -0.2) is 19.7 Å². The van der Waals surface area contributed by atoms with Crippen LogP contribution in [0.3, 0.4) is 0 Å². The lowest BCUT2D eigenvalue weighted by atomic mass is 9.92. The highest BCUT2D eigenvalue weighted by Crippen LogP contribution is 2.26. The Kier molecular flexibility index (Phi) is 6.58. The predicted molar refractivity (Wildman–Crippen MR) is 76.4 cm³/mol. The van der Waals surface area contributed by atoms with Gasteiger partial charge in [0.25, 0.3) is 0 Å². The van der Waals surface area contributed by atoms with Crippen molar-refractivity contribution in [2.75, 3.05) is 13.7 Å². The first-order valence-electron chi connectivity index (χ1n) is 6.82. The van der Waals surface area contributed by atoms with Crippen LogP contribution in [-0.2, 0) is 9.53 Å². The third kappa shape index (κ3) is 4.58. The van der Waals surface area contributed by atoms with Crippen molar-refractivity contribution in [1.29, 1.82) is 5.26 Å². The van der Waals surface area contributed by atoms with Crippen LogP contribution < -0.4 is 4.74 Å². The van der Waals surface area contributed by atoms with E-state index in [1.807, 2.05) is 30.3 Å². The van der Waals surface area contributed by atoms with Crippen molar-refractivity contribution in [3.8, 4) is 11.8 Å². The number of esters is 1. The molecule has 1 rings (SSSR count). The molecule has 0 aliphatic carbocycles. The van der Waals surface area contributed by atoms with Gasteiger partial charge in [0.2, 0.25) is 0 Å². The SMILES string of the molecule is CCOC(=O)C(C#N)CC[C@@H](C)c1cccc(OC)c1. The van der Waals surface area contributed by atoms with Gasteiger partial charge in [0, 0.05) is 0 Å². The van der Waals surface area contributed by atoms with Gasteiger partial charge in [-0.15, -0.1) is 0 Å². The molecule has 0 aromatic heterocycles. The van der Waals surface area contributed by atoms with Crippen molar-refractivity contribution >= 4 is 5.97 Å². The molecule has 0 radical (unpaired) electrons. The van der Waals surface area contributed by atoms with Gasteiger partial charge in [-0.1, -0.05) is 19.1 Å². The average Bonchev–Trinajstić information content (AvgIpc) is 2.48. The second kappa shape index (κ2) is 8.21. The van der Waals surface area contributed by atoms with E-state index in [1.54, 1.807) is 14.0 Å². The zero-order chi connectivity index (χ0) is 15.0. The van der Waals surface area contributed by atoms with E-state index in [1.165, 1.54) is 0 Å². The van der Waals surface area contributed by atoms with Gasteiger partial charge in [-0.2, -0.15) is 5.26 Å². The molecule has 1 aromatic rings. The van der Waals surface area contributed by atoms with Crippen molar-refractivity contribution < 1.29 is 14.3 Å². The van der Waals surface area contributed by atoms with E-state index in [9.17, 15) is 4.79 Å². The topological polar surface area (TPSA) is 59.3 Å². The van der Waals surface area contributed by atoms with E-state index in [0.717, 1.165) is 17.7 Å². The van der Waals surface area contributed by atoms with Crippen LogP contribution in [0.2, 0.25) is 0 Å². The maximum Gasteiger partial charge on any atom is 0.323 e. The van der Waals surface area contributed by atoms with Gasteiger partial charge >= 0.3 is 5.97 Å². The molecule has 0 spiro atoms. The Hall–Kier alpha value is -2.02. The maximum atomic E-state index is 11.6. The number of ether oxygens (including phenoxy) is 2. The third-order valence-corrected chi connectivity index (χ3v) is 3.28. The van der Waals surface area contributed by atoms with Gasteiger partial charge in [0.15, 0.2) is 0 Å². The molecule has 20 heavy (non-hydrogen) atoms. The normalized spacial score (nSPS) is 13.1. The lowest BCUT2D eigenvalue weighted by Crippen LogP contribution is -2.16. The summed E-state index contributed by atoms with van der Waals surface area (Å²) >= 11 is 0. The highest BCUT2D eigenvalue weighted by Gasteiger charge is 2.20. The van der Waals surface area contributed by atoms with Gasteiger partial charge in [0.1, 0.15) is 11.7 Å². The summed E-state index contributed by atoms with van der Waals surface area (Å²) in [5, 5.41) is 9.02. The minimum atomic E-state index is -0.678. The first-order chi connectivity index (χ1) is 9.62. The van der Waals surface area contributed by atoms with Gasteiger partial charge < -0.3 is 9.47 Å². The van der Waals surface area contributed by atoms with Crippen molar-refractivity contribution in [3.05, 3.63) is 29.8 Å². The lowest BCUT2D eigenvalue weighted by molar-refractivity contribution is -0.146. The van der Waals surface area contributed by atoms with E-state index >= 15 is 0 Å². The third-order valence-electron chi connectivity index (χ3n) is 3.28. The van der Waals surface area contributed by atoms with Crippen molar-refractivity contribution in [2.24, 2.45) is 5.92 Å². The first kappa shape index (κ1) is 16.0. The average molecular weight is 275 g/mol. The maximum absolute atomic E-state index is 11.6. The molecule has 4 nitrogen and oxygen atoms in total. The van der Waals surface area contributed by atoms with Crippen molar-refractivity contribution in [1.82, 2.24) is 0 Å². The number of methoxy groups -OCH3 is 1. The van der Waals surface area contributed by atoms with E-state index in [4.69, 9.17) is 14.7 Å². The van der Waals surface area contributed by atoms with Crippen LogP contribution in [0.4, 0.5) is 0 Å². The molecule has 2 atom stereocenters. The summed E-state index contributed by atoms with van der Waals surface area (Å²) in [7, 11) is 1.64. The van der Waals surface area contributed by atoms with Crippen LogP contribution >= 0.6 is 0 Å². The standard InChI is InChI=1S/C16H21NO3/c1-4-20-16(18)14(11-17)9-8-12(2)13-6-5-7-15(10-13)19-3/h5-7,10,12,14H,4,8-9H2,1-3H3/t12-,14?/m1/s1. The Morgan fingerprint density at radius 2 is 2.15 bits per heavy atom. The Bertz CT molecular complexity index is 479. The number of rotatable bonds is 7. The van der Waals surface area contributed by atoms with Gasteiger partial charge in [-0.3, -0.25) is 4.79 Å². The highest BCUT2D eigenvalue weighted by molar-refractivity contribution is 5.75. The Morgan fingerprint density at radius 1 is 1.40 bits per heavy atom. The number of nitriles is 1. The second-order valence-electron chi connectivity index (χ2n) is 4.69. The fourth-order valence-electron chi connectivity index (χ4n) is 2.01. The molecular weight excluding hydrogens is 254 g/mol. The van der Waals surface area contributed by atoms with Gasteiger partial charge in [-0.25, -0.2) is 0 Å². The molecule has 0 aliphatic rings. The zero-order valence-electron chi connectivity index (χ0n) is 12.3. The molecule has 0 aliphatic heterocycles. The smallest absolute Gasteiger partial charge is 0.323 e. The molecule has 0 amide bonds. The summed E-state index contributed by atoms with van der Waals surface area (Å²) in [6, 6.07) is 9.86. The first-order valence-corrected chi connectivity index (χ1v) is 6.82. The lowest BCUT2D eigenvalue weighted by Gasteiger charge is -2.14. The summed E-state index contributed by atoms with van der Waals surface area (Å²) in [5.74, 6) is -0.0252. The largest absolute Gasteiger partial charge is 0.497 e. The molecule has 0 heterocycles. The summed E-state index contributed by atoms with van der Waals surface area (Å²) in [4.78, 5) is 11.6. The second-order valence-corrected chi connectivity index (χ2v) is 4.69. The molecule has 0 fully saturated rings. The van der Waals surface area contributed by atoms with E-state index < -0.39 is 11.9 Å². The number of nitrogens with zero attached hydrogens (tertiary/aromatic N) is 1. The van der Waals surface area contributed by atoms with Gasteiger partial charge in [-0.05, 0) is 43.4 Å². The Balaban J connectivity index is 2.59. The number of benzene rings is 1. The molecule has 0 saturated carbocycles. The number of hydrogen-bond acceptors (Lipinski definition) is 4. The van der Waals surface area contributed by atoms with E-state index in [0.29, 0.717) is 13.0 Å². The van der Waals surface area contributed by atoms with Gasteiger partial charge in [0.05, 0.1) is 19.8 Å². The Morgan fingerprint density at radius 3 is 2.75 bits per heavy atom. The number of carbonyl (C=O) groups excluding carboxylic acids is 1. The molecular formula is C16H21NO3. The van der Waals surface area contributed by atoms with Crippen LogP contribution in [0.5, 0.6) is 5.75 Å². The van der Waals surface area contributed by atoms with Crippen LogP contribution in [0, 0.1) is 17.2 Å². The molecule has 0 saturated heterocycles. The fourth-order valence-corrected chi connectivity index (χ4v) is 2.01. The molecule has 4 heteroatoms. The highest BCUT2D eigenvalue weighted by atomic mass is 16.5. The quantitative estimate of drug-likeness (QED) is 0.716. The number of carbonyl (C=O) groups is 1. The molecule has 0 N–H and O–H groups in total. The zero-order valence-corrected chi connectivity index (χ0v) is 12.3. The minimum absolute atomic E-state index is 0.260. The van der Waals surface area contributed by atoms with Crippen molar-refractivity contribution in [2.45, 2.75) is 32.6 Å². The molecule has 0 bridgehead atoms. The molecule has 108 valence electrons. The van der Waals surface area contributed by atoms with E-state index in [2.05, 4.69) is 6.92 Å². The van der Waals surface area contributed by atoms with Crippen LogP contribution in [0.1, 0.15) is 38.2 Å². The summed E-state index contributed by atoms with van der Waals surface area (Å²) < 4.78 is 10.1. The predicted octanol–water partition coefficient (Wildman–Crippen LogP) is 3.28. The fraction of sp³-hybridized carbons (Fsp3) is 0.500. The summed E-state index contributed by atoms with van der Waals surface area (Å²) in [5.41, 5.74) is 1.14. The molecule has 1 unspecified atom stereocenters. The summed E-state index contributed by atoms with van der Waals surface area (Å²) in [6.07, 6.45) is 1.26. The van der Waals surface area contributed by atoms with Crippen LogP contribution in [0.15, 0.2) is 24.3 Å². The van der Waals surface area contributed by atoms with E-state index in [-0.39, 0.29) is 5.92 Å². The Labute approximate surface area is 120 Å². The van der Waals surface area contributed by atoms with Crippen molar-refractivity contribution in [3.63, 3.8) is 0 Å². The minimum Gasteiger partial charge on any atom is -0.497 e.